The molecule has 1 unspecified atom stereocenters. The number of aryl methyl sites for hydroxylation is 1. The van der Waals surface area contributed by atoms with Crippen molar-refractivity contribution in [1.82, 2.24) is 10.2 Å². The van der Waals surface area contributed by atoms with E-state index in [1.807, 2.05) is 23.1 Å². The molecule has 0 spiro atoms. The van der Waals surface area contributed by atoms with E-state index in [0.717, 1.165) is 44.4 Å². The summed E-state index contributed by atoms with van der Waals surface area (Å²) in [6, 6.07) is 13.2. The van der Waals surface area contributed by atoms with Crippen LogP contribution in [0.2, 0.25) is 0 Å². The van der Waals surface area contributed by atoms with Gasteiger partial charge < -0.3 is 10.2 Å². The third kappa shape index (κ3) is 5.15. The fourth-order valence-electron chi connectivity index (χ4n) is 3.64. The highest BCUT2D eigenvalue weighted by atomic mass is 19.1. The van der Waals surface area contributed by atoms with Crippen LogP contribution in [0.3, 0.4) is 0 Å². The van der Waals surface area contributed by atoms with Gasteiger partial charge in [0, 0.05) is 31.6 Å². The molecule has 0 bridgehead atoms. The largest absolute Gasteiger partial charge is 0.351 e. The van der Waals surface area contributed by atoms with Crippen LogP contribution in [0.5, 0.6) is 0 Å². The van der Waals surface area contributed by atoms with Crippen molar-refractivity contribution in [3.63, 3.8) is 0 Å². The van der Waals surface area contributed by atoms with Gasteiger partial charge >= 0.3 is 0 Å². The second-order valence-corrected chi connectivity index (χ2v) is 7.04. The van der Waals surface area contributed by atoms with Crippen LogP contribution in [0.25, 0.3) is 0 Å². The summed E-state index contributed by atoms with van der Waals surface area (Å²) in [6.45, 7) is 0.856. The van der Waals surface area contributed by atoms with Crippen LogP contribution in [0.4, 0.5) is 8.78 Å². The Morgan fingerprint density at radius 1 is 1.11 bits per heavy atom. The molecule has 1 heterocycles. The lowest BCUT2D eigenvalue weighted by molar-refractivity contribution is -0.131. The van der Waals surface area contributed by atoms with E-state index in [9.17, 15) is 18.4 Å². The van der Waals surface area contributed by atoms with Crippen molar-refractivity contribution in [3.05, 3.63) is 71.3 Å². The Morgan fingerprint density at radius 3 is 2.64 bits per heavy atom. The number of benzene rings is 2. The van der Waals surface area contributed by atoms with E-state index in [0.29, 0.717) is 6.07 Å². The predicted molar refractivity (Wildman–Crippen MR) is 103 cm³/mol. The second-order valence-electron chi connectivity index (χ2n) is 7.04. The number of nitrogens with zero attached hydrogens (tertiary/aromatic N) is 1. The average molecular weight is 386 g/mol. The lowest BCUT2D eigenvalue weighted by Gasteiger charge is -2.25. The first kappa shape index (κ1) is 20.0. The summed E-state index contributed by atoms with van der Waals surface area (Å²) in [4.78, 5) is 26.4. The second kappa shape index (κ2) is 9.44. The van der Waals surface area contributed by atoms with Crippen molar-refractivity contribution >= 4 is 11.8 Å². The number of hydrogen-bond acceptors (Lipinski definition) is 2. The molecule has 1 fully saturated rings. The molecule has 0 saturated carbocycles. The lowest BCUT2D eigenvalue weighted by atomic mass is 10.0. The standard InChI is InChI=1S/C22H24F2N2O2/c23-17-9-11-19(20(24)15-17)22(28)25-13-12-21(27)26-14-4-7-18(26)10-8-16-5-2-1-3-6-16/h1-3,5-6,9,11,15,18H,4,7-8,10,12-14H2,(H,25,28). The highest BCUT2D eigenvalue weighted by Gasteiger charge is 2.28. The SMILES string of the molecule is O=C(NCCC(=O)N1CCCC1CCc1ccccc1)c1ccc(F)cc1F. The number of carbonyl (C=O) groups excluding carboxylic acids is 2. The summed E-state index contributed by atoms with van der Waals surface area (Å²) in [5.41, 5.74) is 1.03. The first-order valence-electron chi connectivity index (χ1n) is 9.61. The maximum atomic E-state index is 13.6. The quantitative estimate of drug-likeness (QED) is 0.789. The first-order chi connectivity index (χ1) is 13.5. The molecule has 2 aromatic carbocycles. The van der Waals surface area contributed by atoms with E-state index < -0.39 is 17.5 Å². The van der Waals surface area contributed by atoms with Crippen LogP contribution < -0.4 is 5.32 Å². The molecule has 0 radical (unpaired) electrons. The van der Waals surface area contributed by atoms with E-state index >= 15 is 0 Å². The van der Waals surface area contributed by atoms with Crippen molar-refractivity contribution in [2.45, 2.75) is 38.1 Å². The number of halogens is 2. The zero-order valence-electron chi connectivity index (χ0n) is 15.7. The fraction of sp³-hybridized carbons (Fsp3) is 0.364. The van der Waals surface area contributed by atoms with Gasteiger partial charge in [-0.15, -0.1) is 0 Å². The van der Waals surface area contributed by atoms with Crippen molar-refractivity contribution in [3.8, 4) is 0 Å². The Labute approximate surface area is 163 Å². The summed E-state index contributed by atoms with van der Waals surface area (Å²) in [6.07, 6.45) is 3.99. The number of hydrogen-bond donors (Lipinski definition) is 1. The van der Waals surface area contributed by atoms with Gasteiger partial charge in [-0.1, -0.05) is 30.3 Å². The summed E-state index contributed by atoms with van der Waals surface area (Å²) >= 11 is 0. The van der Waals surface area contributed by atoms with Gasteiger partial charge in [0.05, 0.1) is 5.56 Å². The normalized spacial score (nSPS) is 16.2. The number of likely N-dealkylation sites (tertiary alicyclic amines) is 1. The molecule has 2 amide bonds. The van der Waals surface area contributed by atoms with E-state index in [1.165, 1.54) is 5.56 Å². The molecule has 1 aliphatic heterocycles. The van der Waals surface area contributed by atoms with Crippen LogP contribution in [0, 0.1) is 11.6 Å². The monoisotopic (exact) mass is 386 g/mol. The van der Waals surface area contributed by atoms with Gasteiger partial charge in [-0.25, -0.2) is 8.78 Å². The molecule has 0 aromatic heterocycles. The first-order valence-corrected chi connectivity index (χ1v) is 9.61. The maximum Gasteiger partial charge on any atom is 0.254 e. The molecule has 1 atom stereocenters. The Hall–Kier alpha value is -2.76. The van der Waals surface area contributed by atoms with Crippen LogP contribution in [-0.2, 0) is 11.2 Å². The molecule has 6 heteroatoms. The fourth-order valence-corrected chi connectivity index (χ4v) is 3.64. The Balaban J connectivity index is 1.46. The zero-order valence-corrected chi connectivity index (χ0v) is 15.7. The zero-order chi connectivity index (χ0) is 19.9. The summed E-state index contributed by atoms with van der Waals surface area (Å²) in [5, 5.41) is 2.54. The number of carbonyl (C=O) groups is 2. The maximum absolute atomic E-state index is 13.6. The Kier molecular flexibility index (Phi) is 6.74. The molecule has 4 nitrogen and oxygen atoms in total. The molecule has 1 N–H and O–H groups in total. The molecule has 2 aromatic rings. The smallest absolute Gasteiger partial charge is 0.254 e. The van der Waals surface area contributed by atoms with Gasteiger partial charge in [0.25, 0.3) is 5.91 Å². The van der Waals surface area contributed by atoms with Crippen molar-refractivity contribution < 1.29 is 18.4 Å². The third-order valence-electron chi connectivity index (χ3n) is 5.11. The van der Waals surface area contributed by atoms with Gasteiger partial charge in [0.1, 0.15) is 11.6 Å². The molecule has 28 heavy (non-hydrogen) atoms. The molecular weight excluding hydrogens is 362 g/mol. The van der Waals surface area contributed by atoms with Crippen LogP contribution in [0.15, 0.2) is 48.5 Å². The molecule has 0 aliphatic carbocycles. The number of amides is 2. The molecule has 148 valence electrons. The summed E-state index contributed by atoms with van der Waals surface area (Å²) < 4.78 is 26.6. The molecule has 1 aliphatic rings. The van der Waals surface area contributed by atoms with E-state index in [-0.39, 0.29) is 30.5 Å². The lowest BCUT2D eigenvalue weighted by Crippen LogP contribution is -2.38. The minimum absolute atomic E-state index is 0.00422. The highest BCUT2D eigenvalue weighted by Crippen LogP contribution is 2.22. The third-order valence-corrected chi connectivity index (χ3v) is 5.11. The van der Waals surface area contributed by atoms with Crippen molar-refractivity contribution in [2.75, 3.05) is 13.1 Å². The van der Waals surface area contributed by atoms with Gasteiger partial charge in [0.2, 0.25) is 5.91 Å². The van der Waals surface area contributed by atoms with E-state index in [4.69, 9.17) is 0 Å². The van der Waals surface area contributed by atoms with Crippen LogP contribution >= 0.6 is 0 Å². The molecule has 3 rings (SSSR count). The number of nitrogens with one attached hydrogen (secondary N) is 1. The van der Waals surface area contributed by atoms with Gasteiger partial charge in [-0.2, -0.15) is 0 Å². The average Bonchev–Trinajstić information content (AvgIpc) is 3.15. The summed E-state index contributed by atoms with van der Waals surface area (Å²) in [7, 11) is 0. The van der Waals surface area contributed by atoms with Crippen molar-refractivity contribution in [2.24, 2.45) is 0 Å². The van der Waals surface area contributed by atoms with Gasteiger partial charge in [0.15, 0.2) is 0 Å². The predicted octanol–water partition coefficient (Wildman–Crippen LogP) is 3.71. The van der Waals surface area contributed by atoms with Gasteiger partial charge in [-0.05, 0) is 43.4 Å². The van der Waals surface area contributed by atoms with Crippen molar-refractivity contribution in [1.29, 1.82) is 0 Å². The number of rotatable bonds is 7. The van der Waals surface area contributed by atoms with Crippen LogP contribution in [-0.4, -0.2) is 35.8 Å². The Morgan fingerprint density at radius 2 is 1.89 bits per heavy atom. The summed E-state index contributed by atoms with van der Waals surface area (Å²) in [5.74, 6) is -2.30. The van der Waals surface area contributed by atoms with Gasteiger partial charge in [-0.3, -0.25) is 9.59 Å². The Bertz CT molecular complexity index is 827. The molecule has 1 saturated heterocycles. The van der Waals surface area contributed by atoms with E-state index in [1.54, 1.807) is 0 Å². The minimum Gasteiger partial charge on any atom is -0.351 e. The topological polar surface area (TPSA) is 49.4 Å². The van der Waals surface area contributed by atoms with E-state index in [2.05, 4.69) is 17.4 Å². The molecular formula is C22H24F2N2O2. The highest BCUT2D eigenvalue weighted by molar-refractivity contribution is 5.94. The minimum atomic E-state index is -0.913. The van der Waals surface area contributed by atoms with Crippen LogP contribution in [0.1, 0.15) is 41.6 Å².